The number of rotatable bonds is 6. The molecule has 0 unspecified atom stereocenters. The number of hydrogen-bond acceptors (Lipinski definition) is 7. The number of nitrogen functional groups attached to an aromatic ring is 1. The monoisotopic (exact) mass is 468 g/mol. The maximum absolute atomic E-state index is 6.46. The summed E-state index contributed by atoms with van der Waals surface area (Å²) in [6, 6.07) is 0. The number of aryl methyl sites for hydroxylation is 1. The number of fused-ring (bicyclic) bond motifs is 1. The zero-order valence-electron chi connectivity index (χ0n) is 19.3. The summed E-state index contributed by atoms with van der Waals surface area (Å²) in [6.45, 7) is 9.14. The quantitative estimate of drug-likeness (QED) is 0.337. The lowest BCUT2D eigenvalue weighted by atomic mass is 10.1. The molecule has 9 heteroatoms. The van der Waals surface area contributed by atoms with Crippen molar-refractivity contribution in [3.63, 3.8) is 0 Å². The average Bonchev–Trinajstić information content (AvgIpc) is 3.14. The zero-order valence-corrected chi connectivity index (χ0v) is 20.1. The van der Waals surface area contributed by atoms with Crippen LogP contribution in [0.3, 0.4) is 0 Å². The summed E-state index contributed by atoms with van der Waals surface area (Å²) in [7, 11) is 1.66. The van der Waals surface area contributed by atoms with Crippen molar-refractivity contribution >= 4 is 28.6 Å². The molecule has 0 amide bonds. The van der Waals surface area contributed by atoms with E-state index in [2.05, 4.69) is 31.7 Å². The number of pyridine rings is 1. The minimum atomic E-state index is 0.133. The second kappa shape index (κ2) is 10.4. The van der Waals surface area contributed by atoms with Crippen LogP contribution in [-0.2, 0) is 11.3 Å². The third-order valence-corrected chi connectivity index (χ3v) is 6.18. The minimum absolute atomic E-state index is 0.133. The molecule has 8 nitrogen and oxygen atoms in total. The summed E-state index contributed by atoms with van der Waals surface area (Å²) in [4.78, 5) is 15.5. The minimum Gasteiger partial charge on any atom is -0.495 e. The molecule has 33 heavy (non-hydrogen) atoms. The van der Waals surface area contributed by atoms with Crippen LogP contribution < -0.4 is 10.5 Å². The Bertz CT molecular complexity index is 1210. The molecule has 0 bridgehead atoms. The number of anilines is 1. The molecular formula is C24H29ClN6O2. The number of hydrogen-bond donors (Lipinski definition) is 1. The van der Waals surface area contributed by atoms with Crippen molar-refractivity contribution in [3.05, 3.63) is 39.9 Å². The molecule has 1 fully saturated rings. The van der Waals surface area contributed by atoms with Gasteiger partial charge in [0, 0.05) is 31.9 Å². The molecule has 3 aromatic heterocycles. The van der Waals surface area contributed by atoms with Gasteiger partial charge in [-0.1, -0.05) is 23.4 Å². The van der Waals surface area contributed by atoms with E-state index in [0.29, 0.717) is 17.3 Å². The molecule has 0 aromatic carbocycles. The normalized spacial score (nSPS) is 14.3. The van der Waals surface area contributed by atoms with Gasteiger partial charge >= 0.3 is 0 Å². The van der Waals surface area contributed by atoms with E-state index in [9.17, 15) is 0 Å². The second-order valence-electron chi connectivity index (χ2n) is 8.13. The first-order valence-corrected chi connectivity index (χ1v) is 11.5. The Labute approximate surface area is 199 Å². The smallest absolute Gasteiger partial charge is 0.223 e. The van der Waals surface area contributed by atoms with Gasteiger partial charge in [-0.2, -0.15) is 4.98 Å². The number of unbranched alkanes of at least 4 members (excludes halogenated alkanes) is 1. The Hall–Kier alpha value is -2.86. The molecule has 3 aromatic rings. The van der Waals surface area contributed by atoms with E-state index < -0.39 is 0 Å². The van der Waals surface area contributed by atoms with E-state index in [-0.39, 0.29) is 5.95 Å². The standard InChI is InChI=1S/C24H29ClN6O2/c1-16-19(13-27-17(2)21(16)32-3)15-31-14-18(20-22(25)28-24(26)29-23(20)31)7-5-4-6-8-30-9-11-33-12-10-30/h13-14H,4,6,8-12,15H2,1-3H3,(H2,26,28,29). The first-order chi connectivity index (χ1) is 16.0. The van der Waals surface area contributed by atoms with E-state index in [0.717, 1.165) is 79.2 Å². The van der Waals surface area contributed by atoms with Gasteiger partial charge in [0.25, 0.3) is 0 Å². The SMILES string of the molecule is COc1c(C)ncc(Cn2cc(C#CCCCN3CCOCC3)c3c(Cl)nc(N)nc32)c1C. The van der Waals surface area contributed by atoms with Crippen LogP contribution >= 0.6 is 11.6 Å². The fraction of sp³-hybridized carbons (Fsp3) is 0.458. The number of nitrogens with two attached hydrogens (primary N) is 1. The topological polar surface area (TPSA) is 91.3 Å². The van der Waals surface area contributed by atoms with E-state index in [1.165, 1.54) is 0 Å². The summed E-state index contributed by atoms with van der Waals surface area (Å²) in [5.74, 6) is 7.49. The molecule has 4 heterocycles. The highest BCUT2D eigenvalue weighted by Crippen LogP contribution is 2.29. The van der Waals surface area contributed by atoms with Crippen molar-refractivity contribution < 1.29 is 9.47 Å². The molecule has 1 aliphatic heterocycles. The van der Waals surface area contributed by atoms with Gasteiger partial charge in [-0.25, -0.2) is 4.98 Å². The third kappa shape index (κ3) is 5.22. The molecule has 0 saturated carbocycles. The van der Waals surface area contributed by atoms with Gasteiger partial charge in [0.1, 0.15) is 16.5 Å². The van der Waals surface area contributed by atoms with Gasteiger partial charge in [0.2, 0.25) is 5.95 Å². The van der Waals surface area contributed by atoms with Crippen LogP contribution in [0.4, 0.5) is 5.95 Å². The van der Waals surface area contributed by atoms with E-state index in [1.54, 1.807) is 7.11 Å². The Kier molecular flexibility index (Phi) is 7.33. The second-order valence-corrected chi connectivity index (χ2v) is 8.49. The van der Waals surface area contributed by atoms with Gasteiger partial charge in [-0.05, 0) is 37.9 Å². The first-order valence-electron chi connectivity index (χ1n) is 11.1. The van der Waals surface area contributed by atoms with Crippen molar-refractivity contribution in [2.45, 2.75) is 33.2 Å². The predicted molar refractivity (Wildman–Crippen MR) is 130 cm³/mol. The van der Waals surface area contributed by atoms with Crippen molar-refractivity contribution in [2.75, 3.05) is 45.7 Å². The van der Waals surface area contributed by atoms with Crippen molar-refractivity contribution in [3.8, 4) is 17.6 Å². The Morgan fingerprint density at radius 2 is 2.03 bits per heavy atom. The number of halogens is 1. The molecule has 0 radical (unpaired) electrons. The summed E-state index contributed by atoms with van der Waals surface area (Å²) in [5.41, 5.74) is 10.3. The van der Waals surface area contributed by atoms with E-state index in [4.69, 9.17) is 26.8 Å². The number of aromatic nitrogens is 4. The highest BCUT2D eigenvalue weighted by molar-refractivity contribution is 6.34. The number of nitrogens with zero attached hydrogens (tertiary/aromatic N) is 5. The van der Waals surface area contributed by atoms with Crippen LogP contribution in [0.25, 0.3) is 11.0 Å². The van der Waals surface area contributed by atoms with Gasteiger partial charge in [-0.15, -0.1) is 0 Å². The Morgan fingerprint density at radius 1 is 1.24 bits per heavy atom. The van der Waals surface area contributed by atoms with Crippen LogP contribution in [0, 0.1) is 25.7 Å². The number of ether oxygens (including phenoxy) is 2. The molecule has 1 saturated heterocycles. The zero-order chi connectivity index (χ0) is 23.4. The fourth-order valence-corrected chi connectivity index (χ4v) is 4.41. The average molecular weight is 469 g/mol. The van der Waals surface area contributed by atoms with Gasteiger partial charge in [0.15, 0.2) is 0 Å². The molecule has 174 valence electrons. The molecule has 0 spiro atoms. The molecular weight excluding hydrogens is 440 g/mol. The maximum Gasteiger partial charge on any atom is 0.223 e. The van der Waals surface area contributed by atoms with Gasteiger partial charge in [0.05, 0.1) is 43.5 Å². The summed E-state index contributed by atoms with van der Waals surface area (Å²) < 4.78 is 12.9. The van der Waals surface area contributed by atoms with Crippen LogP contribution in [0.15, 0.2) is 12.4 Å². The molecule has 1 aliphatic rings. The lowest BCUT2D eigenvalue weighted by molar-refractivity contribution is 0.0376. The number of morpholine rings is 1. The van der Waals surface area contributed by atoms with E-state index in [1.807, 2.05) is 30.8 Å². The molecule has 2 N–H and O–H groups in total. The maximum atomic E-state index is 6.46. The Balaban J connectivity index is 1.59. The number of methoxy groups -OCH3 is 1. The van der Waals surface area contributed by atoms with Crippen LogP contribution in [-0.4, -0.2) is 64.4 Å². The van der Waals surface area contributed by atoms with Crippen molar-refractivity contribution in [1.29, 1.82) is 0 Å². The van der Waals surface area contributed by atoms with E-state index >= 15 is 0 Å². The fourth-order valence-electron chi connectivity index (χ4n) is 4.14. The van der Waals surface area contributed by atoms with Gasteiger partial charge in [-0.3, -0.25) is 9.88 Å². The highest BCUT2D eigenvalue weighted by atomic mass is 35.5. The van der Waals surface area contributed by atoms with Crippen molar-refractivity contribution in [1.82, 2.24) is 24.4 Å². The Morgan fingerprint density at radius 3 is 2.79 bits per heavy atom. The lowest BCUT2D eigenvalue weighted by Gasteiger charge is -2.26. The van der Waals surface area contributed by atoms with Gasteiger partial charge < -0.3 is 19.8 Å². The first kappa shape index (κ1) is 23.3. The molecule has 0 aliphatic carbocycles. The summed E-state index contributed by atoms with van der Waals surface area (Å²) in [5, 5.41) is 1.03. The third-order valence-electron chi connectivity index (χ3n) is 5.90. The molecule has 4 rings (SSSR count). The summed E-state index contributed by atoms with van der Waals surface area (Å²) in [6.07, 6.45) is 5.64. The largest absolute Gasteiger partial charge is 0.495 e. The van der Waals surface area contributed by atoms with Crippen LogP contribution in [0.2, 0.25) is 5.15 Å². The molecule has 0 atom stereocenters. The van der Waals surface area contributed by atoms with Crippen LogP contribution in [0.1, 0.15) is 35.2 Å². The highest BCUT2D eigenvalue weighted by Gasteiger charge is 2.17. The lowest BCUT2D eigenvalue weighted by Crippen LogP contribution is -2.36. The van der Waals surface area contributed by atoms with Crippen molar-refractivity contribution in [2.24, 2.45) is 0 Å². The predicted octanol–water partition coefficient (Wildman–Crippen LogP) is 3.20. The van der Waals surface area contributed by atoms with Crippen LogP contribution in [0.5, 0.6) is 5.75 Å². The summed E-state index contributed by atoms with van der Waals surface area (Å²) >= 11 is 6.46.